The van der Waals surface area contributed by atoms with Crippen molar-refractivity contribution in [3.05, 3.63) is 85.2 Å². The molecule has 8 heteroatoms. The van der Waals surface area contributed by atoms with E-state index in [1.807, 2.05) is 35.5 Å². The number of halogens is 1. The lowest BCUT2D eigenvalue weighted by atomic mass is 10.2. The summed E-state index contributed by atoms with van der Waals surface area (Å²) in [6, 6.07) is 10.6. The molecule has 0 aliphatic heterocycles. The molecular weight excluding hydrogens is 384 g/mol. The Morgan fingerprint density at radius 2 is 2.07 bits per heavy atom. The zero-order valence-corrected chi connectivity index (χ0v) is 16.3. The summed E-state index contributed by atoms with van der Waals surface area (Å²) in [7, 11) is 1.95. The number of nitrogens with zero attached hydrogens (tertiary/aromatic N) is 2. The maximum Gasteiger partial charge on any atom is 0.261 e. The predicted octanol–water partition coefficient (Wildman–Crippen LogP) is 3.05. The molecule has 2 N–H and O–H groups in total. The molecule has 0 aliphatic carbocycles. The molecule has 0 aliphatic rings. The summed E-state index contributed by atoms with van der Waals surface area (Å²) in [5.41, 5.74) is 3.98. The molecule has 6 nitrogen and oxygen atoms in total. The van der Waals surface area contributed by atoms with Gasteiger partial charge in [-0.15, -0.1) is 11.3 Å². The van der Waals surface area contributed by atoms with E-state index < -0.39 is 11.5 Å². The van der Waals surface area contributed by atoms with Crippen molar-refractivity contribution < 1.29 is 4.79 Å². The number of pyridine rings is 1. The summed E-state index contributed by atoms with van der Waals surface area (Å²) in [6.45, 7) is 1.50. The second kappa shape index (κ2) is 8.94. The molecule has 0 spiro atoms. The molecule has 1 aromatic carbocycles. The Kier molecular flexibility index (Phi) is 6.39. The van der Waals surface area contributed by atoms with E-state index in [4.69, 9.17) is 11.6 Å². The van der Waals surface area contributed by atoms with Gasteiger partial charge in [0.2, 0.25) is 0 Å². The van der Waals surface area contributed by atoms with Gasteiger partial charge in [0.15, 0.2) is 0 Å². The van der Waals surface area contributed by atoms with E-state index in [0.29, 0.717) is 18.1 Å². The lowest BCUT2D eigenvalue weighted by molar-refractivity contribution is 0.0949. The molecule has 0 saturated heterocycles. The van der Waals surface area contributed by atoms with E-state index in [1.165, 1.54) is 0 Å². The lowest BCUT2D eigenvalue weighted by Crippen LogP contribution is -2.30. The van der Waals surface area contributed by atoms with Crippen molar-refractivity contribution in [2.45, 2.75) is 19.6 Å². The molecule has 2 aromatic heterocycles. The van der Waals surface area contributed by atoms with Crippen LogP contribution in [0.15, 0.2) is 52.1 Å². The lowest BCUT2D eigenvalue weighted by Gasteiger charge is -2.15. The fraction of sp³-hybridized carbons (Fsp3) is 0.211. The first kappa shape index (κ1) is 19.3. The average molecular weight is 403 g/mol. The second-order valence-corrected chi connectivity index (χ2v) is 7.28. The van der Waals surface area contributed by atoms with Gasteiger partial charge in [-0.1, -0.05) is 29.8 Å². The second-order valence-electron chi connectivity index (χ2n) is 6.15. The normalized spacial score (nSPS) is 10.9. The molecule has 27 heavy (non-hydrogen) atoms. The standard InChI is InChI=1S/C19H19ClN4O2S/c1-24(10-15-11-27-12-22-15)9-14-6-7-16(19(26)23-14)18(25)21-8-13-4-2-3-5-17(13)20/h2-7,11-12H,8-10H2,1H3,(H,21,25)(H,23,26). The van der Waals surface area contributed by atoms with Crippen LogP contribution in [-0.2, 0) is 19.6 Å². The zero-order chi connectivity index (χ0) is 19.2. The molecule has 140 valence electrons. The third kappa shape index (κ3) is 5.26. The Balaban J connectivity index is 1.61. The van der Waals surface area contributed by atoms with Crippen molar-refractivity contribution >= 4 is 28.8 Å². The van der Waals surface area contributed by atoms with E-state index in [-0.39, 0.29) is 12.1 Å². The van der Waals surface area contributed by atoms with Gasteiger partial charge in [0.05, 0.1) is 11.2 Å². The van der Waals surface area contributed by atoms with Crippen molar-refractivity contribution in [3.8, 4) is 0 Å². The van der Waals surface area contributed by atoms with Crippen molar-refractivity contribution in [2.24, 2.45) is 0 Å². The first-order chi connectivity index (χ1) is 13.0. The van der Waals surface area contributed by atoms with E-state index in [2.05, 4.69) is 15.3 Å². The van der Waals surface area contributed by atoms with Gasteiger partial charge in [-0.3, -0.25) is 14.5 Å². The number of carbonyl (C=O) groups is 1. The van der Waals surface area contributed by atoms with Crippen LogP contribution in [0.25, 0.3) is 0 Å². The number of carbonyl (C=O) groups excluding carboxylic acids is 1. The molecule has 0 atom stereocenters. The first-order valence-electron chi connectivity index (χ1n) is 8.32. The number of aromatic nitrogens is 2. The third-order valence-corrected chi connectivity index (χ3v) is 4.97. The average Bonchev–Trinajstić information content (AvgIpc) is 3.13. The van der Waals surface area contributed by atoms with Crippen LogP contribution in [0.4, 0.5) is 0 Å². The molecular formula is C19H19ClN4O2S. The minimum absolute atomic E-state index is 0.0768. The van der Waals surface area contributed by atoms with Gasteiger partial charge < -0.3 is 10.3 Å². The Hall–Kier alpha value is -2.48. The molecule has 1 amide bonds. The van der Waals surface area contributed by atoms with E-state index in [0.717, 1.165) is 17.0 Å². The Bertz CT molecular complexity index is 972. The molecule has 3 aromatic rings. The van der Waals surface area contributed by atoms with Crippen molar-refractivity contribution in [2.75, 3.05) is 7.05 Å². The molecule has 0 unspecified atom stereocenters. The van der Waals surface area contributed by atoms with Gasteiger partial charge in [-0.25, -0.2) is 4.98 Å². The van der Waals surface area contributed by atoms with Crippen molar-refractivity contribution in [1.29, 1.82) is 0 Å². The topological polar surface area (TPSA) is 78.1 Å². The number of aromatic amines is 1. The zero-order valence-electron chi connectivity index (χ0n) is 14.7. The molecule has 0 saturated carbocycles. The highest BCUT2D eigenvalue weighted by Crippen LogP contribution is 2.14. The molecule has 0 radical (unpaired) electrons. The van der Waals surface area contributed by atoms with Gasteiger partial charge in [0, 0.05) is 35.7 Å². The van der Waals surface area contributed by atoms with Crippen LogP contribution < -0.4 is 10.9 Å². The highest BCUT2D eigenvalue weighted by atomic mass is 35.5. The molecule has 2 heterocycles. The number of hydrogen-bond donors (Lipinski definition) is 2. The minimum atomic E-state index is -0.432. The van der Waals surface area contributed by atoms with Crippen LogP contribution >= 0.6 is 22.9 Å². The highest BCUT2D eigenvalue weighted by molar-refractivity contribution is 7.07. The number of H-pyrrole nitrogens is 1. The number of hydrogen-bond acceptors (Lipinski definition) is 5. The highest BCUT2D eigenvalue weighted by Gasteiger charge is 2.12. The number of nitrogens with one attached hydrogen (secondary N) is 2. The van der Waals surface area contributed by atoms with E-state index >= 15 is 0 Å². The third-order valence-electron chi connectivity index (χ3n) is 3.97. The number of benzene rings is 1. The SMILES string of the molecule is CN(Cc1cscn1)Cc1ccc(C(=O)NCc2ccccc2Cl)c(=O)[nH]1. The van der Waals surface area contributed by atoms with Crippen LogP contribution in [0.3, 0.4) is 0 Å². The summed E-state index contributed by atoms with van der Waals surface area (Å²) in [5, 5.41) is 5.29. The Labute approximate surface area is 165 Å². The minimum Gasteiger partial charge on any atom is -0.348 e. The van der Waals surface area contributed by atoms with Crippen molar-refractivity contribution in [3.63, 3.8) is 0 Å². The summed E-state index contributed by atoms with van der Waals surface area (Å²) in [5.74, 6) is -0.432. The van der Waals surface area contributed by atoms with Crippen LogP contribution in [0.1, 0.15) is 27.3 Å². The van der Waals surface area contributed by atoms with Crippen LogP contribution in [0, 0.1) is 0 Å². The molecule has 0 bridgehead atoms. The maximum absolute atomic E-state index is 12.3. The number of rotatable bonds is 7. The summed E-state index contributed by atoms with van der Waals surface area (Å²) in [4.78, 5) is 33.7. The summed E-state index contributed by atoms with van der Waals surface area (Å²) >= 11 is 7.63. The van der Waals surface area contributed by atoms with Gasteiger partial charge >= 0.3 is 0 Å². The van der Waals surface area contributed by atoms with Crippen LogP contribution in [0.5, 0.6) is 0 Å². The van der Waals surface area contributed by atoms with Crippen molar-refractivity contribution in [1.82, 2.24) is 20.2 Å². The summed E-state index contributed by atoms with van der Waals surface area (Å²) in [6.07, 6.45) is 0. The smallest absolute Gasteiger partial charge is 0.261 e. The number of amides is 1. The monoisotopic (exact) mass is 402 g/mol. The van der Waals surface area contributed by atoms with Gasteiger partial charge in [-0.05, 0) is 30.8 Å². The van der Waals surface area contributed by atoms with Gasteiger partial charge in [0.1, 0.15) is 5.56 Å². The largest absolute Gasteiger partial charge is 0.348 e. The van der Waals surface area contributed by atoms with E-state index in [9.17, 15) is 9.59 Å². The summed E-state index contributed by atoms with van der Waals surface area (Å²) < 4.78 is 0. The van der Waals surface area contributed by atoms with Crippen LogP contribution in [-0.4, -0.2) is 27.8 Å². The number of thiazole rings is 1. The fourth-order valence-electron chi connectivity index (χ4n) is 2.64. The quantitative estimate of drug-likeness (QED) is 0.636. The molecule has 3 rings (SSSR count). The maximum atomic E-state index is 12.3. The Morgan fingerprint density at radius 3 is 2.78 bits per heavy atom. The Morgan fingerprint density at radius 1 is 1.26 bits per heavy atom. The molecule has 0 fully saturated rings. The van der Waals surface area contributed by atoms with Crippen LogP contribution in [0.2, 0.25) is 5.02 Å². The van der Waals surface area contributed by atoms with Gasteiger partial charge in [0.25, 0.3) is 11.5 Å². The predicted molar refractivity (Wildman–Crippen MR) is 107 cm³/mol. The first-order valence-corrected chi connectivity index (χ1v) is 9.64. The fourth-order valence-corrected chi connectivity index (χ4v) is 3.39. The van der Waals surface area contributed by atoms with E-state index in [1.54, 1.807) is 35.0 Å². The van der Waals surface area contributed by atoms with Gasteiger partial charge in [-0.2, -0.15) is 0 Å².